The van der Waals surface area contributed by atoms with Crippen molar-refractivity contribution >= 4 is 18.4 Å². The molecule has 0 amide bonds. The van der Waals surface area contributed by atoms with Gasteiger partial charge in [0.05, 0.1) is 0 Å². The molecule has 1 rings (SSSR count). The monoisotopic (exact) mass is 369 g/mol. The minimum Gasteiger partial charge on any atom is -0.518 e. The van der Waals surface area contributed by atoms with Crippen molar-refractivity contribution in [2.45, 2.75) is 63.9 Å². The van der Waals surface area contributed by atoms with E-state index in [-0.39, 0.29) is 17.1 Å². The Morgan fingerprint density at radius 2 is 1.76 bits per heavy atom. The maximum atomic E-state index is 5.58. The molecular weight excluding hydrogens is 340 g/mol. The van der Waals surface area contributed by atoms with Crippen LogP contribution in [-0.2, 0) is 17.1 Å². The summed E-state index contributed by atoms with van der Waals surface area (Å²) < 4.78 is 0.384. The standard InChI is InChI=1S/C12H25SSi.C6H5.Cu/c1-7-9-11-12(3,10-8-2)13-14(4,5)6;1-2-4-6-5-3-1;/h2,8H,7,9-11H2,1,3-6H3;1-5H;/q2*-1;+2. The third-order valence-corrected chi connectivity index (χ3v) is 7.56. The second-order valence-electron chi connectivity index (χ2n) is 6.29. The Bertz CT molecular complexity index is 321. The van der Waals surface area contributed by atoms with E-state index in [9.17, 15) is 0 Å². The predicted molar refractivity (Wildman–Crippen MR) is 97.6 cm³/mol. The van der Waals surface area contributed by atoms with Crippen LogP contribution in [0.15, 0.2) is 36.4 Å². The van der Waals surface area contributed by atoms with Crippen molar-refractivity contribution in [3.05, 3.63) is 49.1 Å². The Kier molecular flexibility index (Phi) is 14.0. The molecule has 0 aromatic heterocycles. The fourth-order valence-electron chi connectivity index (χ4n) is 2.08. The SMILES string of the molecule is [CH-]=CCC(C)(CCCC)S[Si](C)(C)C.[Cu+2].[c-]1ccccc1. The first kappa shape index (κ1) is 23.3. The van der Waals surface area contributed by atoms with Gasteiger partial charge in [-0.05, 0) is 6.42 Å². The zero-order valence-corrected chi connectivity index (χ0v) is 16.8. The van der Waals surface area contributed by atoms with Gasteiger partial charge in [-0.3, -0.25) is 6.08 Å². The van der Waals surface area contributed by atoms with Gasteiger partial charge in [0.2, 0.25) is 0 Å². The van der Waals surface area contributed by atoms with Crippen LogP contribution >= 0.6 is 11.2 Å². The van der Waals surface area contributed by atoms with Gasteiger partial charge in [-0.25, -0.2) is 0 Å². The number of hydrogen-bond donors (Lipinski definition) is 0. The minimum atomic E-state index is -1.04. The number of benzene rings is 1. The molecule has 0 fully saturated rings. The molecule has 0 saturated heterocycles. The molecule has 1 aromatic rings. The Morgan fingerprint density at radius 1 is 1.19 bits per heavy atom. The summed E-state index contributed by atoms with van der Waals surface area (Å²) in [5, 5.41) is 0. The van der Waals surface area contributed by atoms with Gasteiger partial charge in [-0.15, -0.1) is 0 Å². The molecule has 21 heavy (non-hydrogen) atoms. The van der Waals surface area contributed by atoms with Crippen LogP contribution in [0.5, 0.6) is 0 Å². The third-order valence-electron chi connectivity index (χ3n) is 2.77. The molecule has 3 heteroatoms. The Labute approximate surface area is 148 Å². The third kappa shape index (κ3) is 14.7. The first-order valence-corrected chi connectivity index (χ1v) is 12.5. The Balaban J connectivity index is 0. The van der Waals surface area contributed by atoms with Crippen molar-refractivity contribution in [1.82, 2.24) is 0 Å². The second-order valence-corrected chi connectivity index (χ2v) is 16.0. The molecule has 1 atom stereocenters. The van der Waals surface area contributed by atoms with Crippen molar-refractivity contribution in [2.75, 3.05) is 0 Å². The van der Waals surface area contributed by atoms with Crippen LogP contribution in [0.2, 0.25) is 19.6 Å². The van der Waals surface area contributed by atoms with Crippen LogP contribution in [0.25, 0.3) is 0 Å². The van der Waals surface area contributed by atoms with Crippen LogP contribution < -0.4 is 0 Å². The maximum absolute atomic E-state index is 5.58. The van der Waals surface area contributed by atoms with Gasteiger partial charge in [0.25, 0.3) is 0 Å². The summed E-state index contributed by atoms with van der Waals surface area (Å²) in [6.07, 6.45) is 6.78. The molecule has 123 valence electrons. The number of unbranched alkanes of at least 4 members (excludes halogenated alkanes) is 1. The molecule has 0 heterocycles. The summed E-state index contributed by atoms with van der Waals surface area (Å²) in [6, 6.07) is 12.5. The van der Waals surface area contributed by atoms with Gasteiger partial charge >= 0.3 is 17.1 Å². The van der Waals surface area contributed by atoms with Crippen molar-refractivity contribution in [2.24, 2.45) is 0 Å². The predicted octanol–water partition coefficient (Wildman–Crippen LogP) is 6.37. The molecule has 0 nitrogen and oxygen atoms in total. The summed E-state index contributed by atoms with van der Waals surface area (Å²) in [4.78, 5) is 0. The van der Waals surface area contributed by atoms with E-state index >= 15 is 0 Å². The van der Waals surface area contributed by atoms with Crippen molar-refractivity contribution < 1.29 is 17.1 Å². The van der Waals surface area contributed by atoms with E-state index in [4.69, 9.17) is 6.58 Å². The Hall–Kier alpha value is 0.0464. The molecule has 1 aromatic carbocycles. The molecular formula is C18H30CuSSi. The molecule has 0 aliphatic carbocycles. The van der Waals surface area contributed by atoms with Gasteiger partial charge in [0.15, 0.2) is 0 Å². The van der Waals surface area contributed by atoms with Crippen molar-refractivity contribution in [3.8, 4) is 0 Å². The summed E-state index contributed by atoms with van der Waals surface area (Å²) in [7, 11) is -1.04. The normalized spacial score (nSPS) is 13.2. The smallest absolute Gasteiger partial charge is 0.518 e. The number of rotatable bonds is 7. The average molecular weight is 370 g/mol. The summed E-state index contributed by atoms with van der Waals surface area (Å²) >= 11 is 2.20. The van der Waals surface area contributed by atoms with E-state index in [0.717, 1.165) is 6.42 Å². The fourth-order valence-corrected chi connectivity index (χ4v) is 8.97. The minimum absolute atomic E-state index is 0. The van der Waals surface area contributed by atoms with Gasteiger partial charge in [0.1, 0.15) is 7.22 Å². The zero-order valence-electron chi connectivity index (χ0n) is 14.1. The van der Waals surface area contributed by atoms with Gasteiger partial charge in [-0.2, -0.15) is 47.6 Å². The molecule has 0 saturated carbocycles. The molecule has 1 radical (unpaired) electrons. The average Bonchev–Trinajstić information content (AvgIpc) is 2.37. The number of hydrogen-bond acceptors (Lipinski definition) is 1. The fraction of sp³-hybridized carbons (Fsp3) is 0.556. The Morgan fingerprint density at radius 3 is 2.05 bits per heavy atom. The van der Waals surface area contributed by atoms with Crippen LogP contribution in [0.4, 0.5) is 0 Å². The van der Waals surface area contributed by atoms with Gasteiger partial charge in [0, 0.05) is 4.75 Å². The molecule has 0 N–H and O–H groups in total. The summed E-state index contributed by atoms with van der Waals surface area (Å²) in [6.45, 7) is 17.5. The van der Waals surface area contributed by atoms with Crippen molar-refractivity contribution in [1.29, 1.82) is 0 Å². The summed E-state index contributed by atoms with van der Waals surface area (Å²) in [5.41, 5.74) is 0. The quantitative estimate of drug-likeness (QED) is 0.397. The number of allylic oxidation sites excluding steroid dienone is 1. The van der Waals surface area contributed by atoms with E-state index < -0.39 is 7.22 Å². The summed E-state index contributed by atoms with van der Waals surface area (Å²) in [5.74, 6) is 0. The molecule has 0 aliphatic heterocycles. The van der Waals surface area contributed by atoms with Crippen LogP contribution in [-0.4, -0.2) is 12.0 Å². The maximum Gasteiger partial charge on any atom is 2.00 e. The molecule has 1 unspecified atom stereocenters. The molecule has 0 bridgehead atoms. The van der Waals surface area contributed by atoms with Crippen LogP contribution in [0.3, 0.4) is 0 Å². The van der Waals surface area contributed by atoms with Gasteiger partial charge in [-0.1, -0.05) is 52.8 Å². The van der Waals surface area contributed by atoms with Crippen LogP contribution in [0, 0.1) is 12.6 Å². The second kappa shape index (κ2) is 12.6. The van der Waals surface area contributed by atoms with E-state index in [1.165, 1.54) is 19.3 Å². The van der Waals surface area contributed by atoms with E-state index in [2.05, 4.69) is 50.8 Å². The van der Waals surface area contributed by atoms with E-state index in [1.807, 2.05) is 36.4 Å². The first-order valence-electron chi connectivity index (χ1n) is 7.47. The van der Waals surface area contributed by atoms with E-state index in [0.29, 0.717) is 4.75 Å². The molecule has 0 spiro atoms. The van der Waals surface area contributed by atoms with Gasteiger partial charge < -0.3 is 6.58 Å². The first-order chi connectivity index (χ1) is 9.33. The zero-order chi connectivity index (χ0) is 15.5. The van der Waals surface area contributed by atoms with E-state index in [1.54, 1.807) is 0 Å². The largest absolute Gasteiger partial charge is 2.00 e. The topological polar surface area (TPSA) is 0 Å². The molecule has 0 aliphatic rings. The van der Waals surface area contributed by atoms with Crippen LogP contribution in [0.1, 0.15) is 39.5 Å². The van der Waals surface area contributed by atoms with Crippen molar-refractivity contribution in [3.63, 3.8) is 0 Å².